The Morgan fingerprint density at radius 2 is 1.81 bits per heavy atom. The number of nitrogens with one attached hydrogen (secondary N) is 2. The van der Waals surface area contributed by atoms with Crippen LogP contribution in [0.3, 0.4) is 0 Å². The maximum absolute atomic E-state index is 6.25. The summed E-state index contributed by atoms with van der Waals surface area (Å²) in [5.41, 5.74) is 3.87. The van der Waals surface area contributed by atoms with E-state index in [4.69, 9.17) is 35.4 Å². The van der Waals surface area contributed by atoms with Crippen molar-refractivity contribution in [2.24, 2.45) is 0 Å². The lowest BCUT2D eigenvalue weighted by Crippen LogP contribution is -2.19. The SMILES string of the molecule is CCn1ncc(Cn2cc(NC(=S)Nc3ccn(Cc4c(Cl)cccc4Cl)n3)cn2)c1C. The topological polar surface area (TPSA) is 77.5 Å². The second-order valence-corrected chi connectivity index (χ2v) is 8.40. The molecule has 0 aliphatic carbocycles. The Hall–Kier alpha value is -2.88. The minimum Gasteiger partial charge on any atom is -0.330 e. The van der Waals surface area contributed by atoms with Crippen molar-refractivity contribution in [2.45, 2.75) is 33.5 Å². The van der Waals surface area contributed by atoms with E-state index in [0.29, 0.717) is 34.1 Å². The molecule has 8 nitrogen and oxygen atoms in total. The van der Waals surface area contributed by atoms with Gasteiger partial charge >= 0.3 is 0 Å². The molecule has 3 heterocycles. The highest BCUT2D eigenvalue weighted by atomic mass is 35.5. The van der Waals surface area contributed by atoms with E-state index in [-0.39, 0.29) is 0 Å². The second-order valence-electron chi connectivity index (χ2n) is 7.18. The Labute approximate surface area is 201 Å². The summed E-state index contributed by atoms with van der Waals surface area (Å²) < 4.78 is 5.56. The van der Waals surface area contributed by atoms with E-state index in [1.807, 2.05) is 52.2 Å². The average Bonchev–Trinajstić information content (AvgIpc) is 3.47. The van der Waals surface area contributed by atoms with Crippen molar-refractivity contribution in [1.29, 1.82) is 0 Å². The van der Waals surface area contributed by atoms with Crippen molar-refractivity contribution in [2.75, 3.05) is 10.6 Å². The van der Waals surface area contributed by atoms with Crippen LogP contribution in [0.15, 0.2) is 49.1 Å². The molecule has 4 aromatic rings. The van der Waals surface area contributed by atoms with Gasteiger partial charge in [0.1, 0.15) is 0 Å². The third-order valence-corrected chi connectivity index (χ3v) is 5.90. The van der Waals surface area contributed by atoms with Crippen molar-refractivity contribution in [3.05, 3.63) is 75.9 Å². The molecule has 1 aromatic carbocycles. The Bertz CT molecular complexity index is 1220. The van der Waals surface area contributed by atoms with Crippen LogP contribution in [-0.4, -0.2) is 34.5 Å². The predicted octanol–water partition coefficient (Wildman–Crippen LogP) is 4.82. The Balaban J connectivity index is 1.34. The predicted molar refractivity (Wildman–Crippen MR) is 132 cm³/mol. The van der Waals surface area contributed by atoms with Gasteiger partial charge in [-0.15, -0.1) is 0 Å². The zero-order valence-corrected chi connectivity index (χ0v) is 19.9. The molecule has 0 saturated heterocycles. The van der Waals surface area contributed by atoms with Gasteiger partial charge in [0.25, 0.3) is 0 Å². The van der Waals surface area contributed by atoms with Crippen LogP contribution in [0.25, 0.3) is 0 Å². The number of aryl methyl sites for hydroxylation is 1. The third-order valence-electron chi connectivity index (χ3n) is 4.99. The van der Waals surface area contributed by atoms with Gasteiger partial charge in [-0.1, -0.05) is 29.3 Å². The minimum atomic E-state index is 0.417. The van der Waals surface area contributed by atoms with E-state index < -0.39 is 0 Å². The van der Waals surface area contributed by atoms with Crippen LogP contribution in [0.5, 0.6) is 0 Å². The van der Waals surface area contributed by atoms with Crippen molar-refractivity contribution in [3.63, 3.8) is 0 Å². The summed E-state index contributed by atoms with van der Waals surface area (Å²) in [6.07, 6.45) is 7.34. The number of halogens is 2. The van der Waals surface area contributed by atoms with Crippen molar-refractivity contribution < 1.29 is 0 Å². The van der Waals surface area contributed by atoms with Crippen molar-refractivity contribution in [3.8, 4) is 0 Å². The number of benzene rings is 1. The molecule has 11 heteroatoms. The molecule has 0 amide bonds. The van der Waals surface area contributed by atoms with Gasteiger partial charge in [0.15, 0.2) is 10.9 Å². The van der Waals surface area contributed by atoms with Gasteiger partial charge in [-0.3, -0.25) is 14.0 Å². The van der Waals surface area contributed by atoms with Crippen molar-refractivity contribution >= 4 is 52.0 Å². The van der Waals surface area contributed by atoms with Crippen molar-refractivity contribution in [1.82, 2.24) is 29.3 Å². The van der Waals surface area contributed by atoms with Crippen LogP contribution in [-0.2, 0) is 19.6 Å². The minimum absolute atomic E-state index is 0.417. The van der Waals surface area contributed by atoms with Gasteiger partial charge in [0.2, 0.25) is 0 Å². The number of hydrogen-bond donors (Lipinski definition) is 2. The van der Waals surface area contributed by atoms with E-state index in [0.717, 1.165) is 29.1 Å². The highest BCUT2D eigenvalue weighted by Gasteiger charge is 2.10. The molecule has 0 spiro atoms. The van der Waals surface area contributed by atoms with Crippen LogP contribution in [0.4, 0.5) is 11.5 Å². The zero-order chi connectivity index (χ0) is 22.7. The first-order chi connectivity index (χ1) is 15.4. The largest absolute Gasteiger partial charge is 0.330 e. The average molecular weight is 489 g/mol. The summed E-state index contributed by atoms with van der Waals surface area (Å²) in [6, 6.07) is 7.26. The number of rotatable bonds is 7. The molecule has 0 unspecified atom stereocenters. The van der Waals surface area contributed by atoms with E-state index in [9.17, 15) is 0 Å². The lowest BCUT2D eigenvalue weighted by Gasteiger charge is -2.08. The third kappa shape index (κ3) is 5.12. The maximum atomic E-state index is 6.25. The first-order valence-corrected chi connectivity index (χ1v) is 11.2. The summed E-state index contributed by atoms with van der Waals surface area (Å²) in [6.45, 7) is 6.08. The van der Waals surface area contributed by atoms with Gasteiger partial charge in [-0.2, -0.15) is 15.3 Å². The molecule has 4 rings (SSSR count). The fraction of sp³-hybridized carbons (Fsp3) is 0.238. The smallest absolute Gasteiger partial charge is 0.176 e. The van der Waals surface area contributed by atoms with E-state index >= 15 is 0 Å². The summed E-state index contributed by atoms with van der Waals surface area (Å²) in [5.74, 6) is 0.612. The molecule has 0 fully saturated rings. The fourth-order valence-corrected chi connectivity index (χ4v) is 4.03. The van der Waals surface area contributed by atoms with Crippen LogP contribution in [0.1, 0.15) is 23.7 Å². The highest BCUT2D eigenvalue weighted by Crippen LogP contribution is 2.25. The molecule has 0 saturated carbocycles. The van der Waals surface area contributed by atoms with E-state index in [1.165, 1.54) is 0 Å². The van der Waals surface area contributed by atoms with Gasteiger partial charge in [0, 0.05) is 51.9 Å². The first kappa shape index (κ1) is 22.3. The van der Waals surface area contributed by atoms with E-state index in [2.05, 4.69) is 39.8 Å². The molecule has 0 bridgehead atoms. The Morgan fingerprint density at radius 3 is 2.53 bits per heavy atom. The Kier molecular flexibility index (Phi) is 6.78. The summed E-state index contributed by atoms with van der Waals surface area (Å²) >= 11 is 17.9. The molecule has 3 aromatic heterocycles. The van der Waals surface area contributed by atoms with Gasteiger partial charge < -0.3 is 10.6 Å². The molecule has 2 N–H and O–H groups in total. The number of aromatic nitrogens is 6. The molecule has 0 atom stereocenters. The number of nitrogens with zero attached hydrogens (tertiary/aromatic N) is 6. The zero-order valence-electron chi connectivity index (χ0n) is 17.6. The van der Waals surface area contributed by atoms with Crippen LogP contribution < -0.4 is 10.6 Å². The lowest BCUT2D eigenvalue weighted by atomic mass is 10.2. The quantitative estimate of drug-likeness (QED) is 0.363. The van der Waals surface area contributed by atoms with Crippen LogP contribution >= 0.6 is 35.4 Å². The highest BCUT2D eigenvalue weighted by molar-refractivity contribution is 7.80. The maximum Gasteiger partial charge on any atom is 0.176 e. The first-order valence-electron chi connectivity index (χ1n) is 10.0. The van der Waals surface area contributed by atoms with Gasteiger partial charge in [-0.25, -0.2) is 0 Å². The van der Waals surface area contributed by atoms with Crippen LogP contribution in [0.2, 0.25) is 10.0 Å². The molecule has 0 aliphatic rings. The molecule has 0 radical (unpaired) electrons. The number of hydrogen-bond acceptors (Lipinski definition) is 4. The van der Waals surface area contributed by atoms with Crippen LogP contribution in [0, 0.1) is 6.92 Å². The molecular formula is C21H22Cl2N8S. The normalized spacial score (nSPS) is 11.0. The lowest BCUT2D eigenvalue weighted by molar-refractivity contribution is 0.633. The number of thiocarbonyl (C=S) groups is 1. The standard InChI is InChI=1S/C21H22Cl2N8S/c1-3-31-14(2)15(9-25-31)11-30-12-16(10-24-30)26-21(32)27-20-7-8-29(28-20)13-17-18(22)5-4-6-19(17)23/h4-10,12H,3,11,13H2,1-2H3,(H2,26,27,28,32). The second kappa shape index (κ2) is 9.72. The van der Waals surface area contributed by atoms with Gasteiger partial charge in [0.05, 0.1) is 31.2 Å². The molecule has 0 aliphatic heterocycles. The van der Waals surface area contributed by atoms with Gasteiger partial charge in [-0.05, 0) is 38.2 Å². The fourth-order valence-electron chi connectivity index (χ4n) is 3.29. The summed E-state index contributed by atoms with van der Waals surface area (Å²) in [5, 5.41) is 21.1. The molecule has 166 valence electrons. The Morgan fingerprint density at radius 1 is 1.03 bits per heavy atom. The monoisotopic (exact) mass is 488 g/mol. The number of anilines is 2. The molecule has 32 heavy (non-hydrogen) atoms. The summed E-state index contributed by atoms with van der Waals surface area (Å²) in [7, 11) is 0. The molecular weight excluding hydrogens is 467 g/mol. The summed E-state index contributed by atoms with van der Waals surface area (Å²) in [4.78, 5) is 0. The van der Waals surface area contributed by atoms with E-state index in [1.54, 1.807) is 10.9 Å².